The molecule has 0 amide bonds. The van der Waals surface area contributed by atoms with Gasteiger partial charge in [-0.25, -0.2) is 4.98 Å². The average molecular weight is 491 g/mol. The minimum atomic E-state index is -4.30. The van der Waals surface area contributed by atoms with Crippen LogP contribution >= 0.6 is 11.6 Å². The summed E-state index contributed by atoms with van der Waals surface area (Å²) >= 11 is 6.20. The molecule has 0 unspecified atom stereocenters. The summed E-state index contributed by atoms with van der Waals surface area (Å²) in [6.45, 7) is 4.94. The normalized spacial score (nSPS) is 17.4. The number of fused-ring (bicyclic) bond motifs is 3. The maximum atomic E-state index is 13.2. The van der Waals surface area contributed by atoms with Crippen molar-refractivity contribution in [1.82, 2.24) is 24.6 Å². The van der Waals surface area contributed by atoms with Gasteiger partial charge in [-0.05, 0) is 68.1 Å². The average Bonchev–Trinajstić information content (AvgIpc) is 3.09. The molecule has 6 nitrogen and oxygen atoms in total. The number of piperidine rings is 1. The van der Waals surface area contributed by atoms with E-state index in [0.29, 0.717) is 10.8 Å². The molecule has 1 saturated heterocycles. The van der Waals surface area contributed by atoms with Crippen molar-refractivity contribution < 1.29 is 13.2 Å². The van der Waals surface area contributed by atoms with Crippen LogP contribution in [0.2, 0.25) is 5.02 Å². The lowest BCUT2D eigenvalue weighted by molar-refractivity contribution is -0.148. The van der Waals surface area contributed by atoms with Crippen LogP contribution in [-0.2, 0) is 13.1 Å². The number of hydrogen-bond donors (Lipinski definition) is 0. The second kappa shape index (κ2) is 8.85. The highest BCUT2D eigenvalue weighted by molar-refractivity contribution is 6.30. The fraction of sp³-hybridized carbons (Fsp3) is 0.458. The molecule has 4 heterocycles. The number of benzene rings is 1. The Balaban J connectivity index is 1.43. The second-order valence-corrected chi connectivity index (χ2v) is 9.69. The Kier molecular flexibility index (Phi) is 6.02. The number of rotatable bonds is 3. The number of aryl methyl sites for hydroxylation is 2. The molecule has 180 valence electrons. The minimum absolute atomic E-state index is 0.0736. The van der Waals surface area contributed by atoms with Crippen LogP contribution in [0, 0.1) is 13.8 Å². The van der Waals surface area contributed by atoms with Crippen LogP contribution in [-0.4, -0.2) is 50.5 Å². The van der Waals surface area contributed by atoms with Gasteiger partial charge in [-0.2, -0.15) is 13.2 Å². The predicted molar refractivity (Wildman–Crippen MR) is 124 cm³/mol. The molecule has 10 heteroatoms. The number of aromatic nitrogens is 4. The lowest BCUT2D eigenvalue weighted by atomic mass is 9.95. The molecule has 0 bridgehead atoms. The molecule has 0 saturated carbocycles. The molecule has 0 aliphatic carbocycles. The largest absolute Gasteiger partial charge is 0.401 e. The summed E-state index contributed by atoms with van der Waals surface area (Å²) in [6.07, 6.45) is -2.57. The molecular formula is C24H26ClF3N6. The van der Waals surface area contributed by atoms with Gasteiger partial charge in [0.2, 0.25) is 0 Å². The topological polar surface area (TPSA) is 50.1 Å². The Morgan fingerprint density at radius 3 is 2.50 bits per heavy atom. The van der Waals surface area contributed by atoms with E-state index < -0.39 is 12.7 Å². The first-order valence-corrected chi connectivity index (χ1v) is 11.8. The van der Waals surface area contributed by atoms with Crippen LogP contribution < -0.4 is 4.90 Å². The lowest BCUT2D eigenvalue weighted by Crippen LogP contribution is -2.34. The van der Waals surface area contributed by atoms with Crippen molar-refractivity contribution in [2.24, 2.45) is 0 Å². The van der Waals surface area contributed by atoms with Gasteiger partial charge in [0.25, 0.3) is 0 Å². The Hall–Kier alpha value is -2.65. The summed E-state index contributed by atoms with van der Waals surface area (Å²) < 4.78 is 41.6. The van der Waals surface area contributed by atoms with E-state index >= 15 is 0 Å². The number of anilines is 1. The van der Waals surface area contributed by atoms with Gasteiger partial charge < -0.3 is 4.90 Å². The molecule has 0 N–H and O–H groups in total. The quantitative estimate of drug-likeness (QED) is 0.505. The van der Waals surface area contributed by atoms with Crippen molar-refractivity contribution in [3.63, 3.8) is 0 Å². The Labute approximate surface area is 201 Å². The Morgan fingerprint density at radius 2 is 1.79 bits per heavy atom. The SMILES string of the molecule is Cc1cc(C)nc(N2CCC(c3nnc4n3-c3ccc(Cl)cc3CN(CC(F)(F)F)C4)CC2)c1. The summed E-state index contributed by atoms with van der Waals surface area (Å²) in [4.78, 5) is 8.32. The van der Waals surface area contributed by atoms with Crippen LogP contribution in [0.1, 0.15) is 47.2 Å². The maximum absolute atomic E-state index is 13.2. The van der Waals surface area contributed by atoms with Crippen molar-refractivity contribution in [3.05, 3.63) is 63.8 Å². The van der Waals surface area contributed by atoms with Crippen LogP contribution in [0.25, 0.3) is 5.69 Å². The fourth-order valence-electron chi connectivity index (χ4n) is 5.07. The molecule has 0 spiro atoms. The molecule has 1 fully saturated rings. The van der Waals surface area contributed by atoms with Crippen LogP contribution in [0.3, 0.4) is 0 Å². The molecule has 2 aliphatic rings. The van der Waals surface area contributed by atoms with E-state index in [1.54, 1.807) is 12.1 Å². The molecule has 1 aromatic carbocycles. The van der Waals surface area contributed by atoms with Crippen LogP contribution in [0.5, 0.6) is 0 Å². The van der Waals surface area contributed by atoms with Crippen molar-refractivity contribution in [1.29, 1.82) is 0 Å². The summed E-state index contributed by atoms with van der Waals surface area (Å²) in [5.74, 6) is 2.47. The van der Waals surface area contributed by atoms with Gasteiger partial charge in [-0.15, -0.1) is 10.2 Å². The van der Waals surface area contributed by atoms with E-state index in [1.807, 2.05) is 17.6 Å². The van der Waals surface area contributed by atoms with E-state index in [-0.39, 0.29) is 19.0 Å². The van der Waals surface area contributed by atoms with Gasteiger partial charge in [-0.3, -0.25) is 9.47 Å². The maximum Gasteiger partial charge on any atom is 0.401 e. The van der Waals surface area contributed by atoms with Crippen LogP contribution in [0.4, 0.5) is 19.0 Å². The number of halogens is 4. The standard InChI is InChI=1S/C24H26ClF3N6/c1-15-9-16(2)29-21(10-15)33-7-5-17(6-8-33)23-31-30-22-13-32(14-24(26,27)28)12-18-11-19(25)3-4-20(18)34(22)23/h3-4,9-11,17H,5-8,12-14H2,1-2H3. The van der Waals surface area contributed by atoms with E-state index in [9.17, 15) is 13.2 Å². The van der Waals surface area contributed by atoms with E-state index in [0.717, 1.165) is 54.5 Å². The number of pyridine rings is 1. The minimum Gasteiger partial charge on any atom is -0.357 e. The molecule has 0 atom stereocenters. The second-order valence-electron chi connectivity index (χ2n) is 9.25. The van der Waals surface area contributed by atoms with Gasteiger partial charge >= 0.3 is 6.18 Å². The number of nitrogens with zero attached hydrogens (tertiary/aromatic N) is 6. The van der Waals surface area contributed by atoms with E-state index in [4.69, 9.17) is 11.6 Å². The highest BCUT2D eigenvalue weighted by Crippen LogP contribution is 2.35. The van der Waals surface area contributed by atoms with Crippen molar-refractivity contribution in [3.8, 4) is 5.69 Å². The smallest absolute Gasteiger partial charge is 0.357 e. The van der Waals surface area contributed by atoms with E-state index in [1.165, 1.54) is 10.5 Å². The monoisotopic (exact) mass is 490 g/mol. The molecule has 2 aromatic heterocycles. The molecule has 3 aromatic rings. The number of hydrogen-bond acceptors (Lipinski definition) is 5. The molecule has 34 heavy (non-hydrogen) atoms. The van der Waals surface area contributed by atoms with Crippen molar-refractivity contribution in [2.45, 2.75) is 51.9 Å². The summed E-state index contributed by atoms with van der Waals surface area (Å²) in [5.41, 5.74) is 3.74. The fourth-order valence-corrected chi connectivity index (χ4v) is 5.26. The summed E-state index contributed by atoms with van der Waals surface area (Å²) in [5, 5.41) is 9.32. The zero-order valence-corrected chi connectivity index (χ0v) is 19.9. The van der Waals surface area contributed by atoms with Gasteiger partial charge in [0, 0.05) is 36.3 Å². The third-order valence-electron chi connectivity index (χ3n) is 6.47. The van der Waals surface area contributed by atoms with Gasteiger partial charge in [0.15, 0.2) is 5.82 Å². The highest BCUT2D eigenvalue weighted by atomic mass is 35.5. The highest BCUT2D eigenvalue weighted by Gasteiger charge is 2.35. The third-order valence-corrected chi connectivity index (χ3v) is 6.70. The Morgan fingerprint density at radius 1 is 1.03 bits per heavy atom. The molecule has 5 rings (SSSR count). The van der Waals surface area contributed by atoms with Gasteiger partial charge in [-0.1, -0.05) is 11.6 Å². The van der Waals surface area contributed by atoms with Crippen molar-refractivity contribution >= 4 is 17.4 Å². The molecule has 2 aliphatic heterocycles. The predicted octanol–water partition coefficient (Wildman–Crippen LogP) is 5.19. The first-order chi connectivity index (χ1) is 16.2. The number of alkyl halides is 3. The summed E-state index contributed by atoms with van der Waals surface area (Å²) in [7, 11) is 0. The molecule has 0 radical (unpaired) electrons. The van der Waals surface area contributed by atoms with Gasteiger partial charge in [0.05, 0.1) is 18.8 Å². The third kappa shape index (κ3) is 4.77. The molecular weight excluding hydrogens is 465 g/mol. The zero-order chi connectivity index (χ0) is 24.0. The zero-order valence-electron chi connectivity index (χ0n) is 19.1. The van der Waals surface area contributed by atoms with Crippen LogP contribution in [0.15, 0.2) is 30.3 Å². The van der Waals surface area contributed by atoms with Gasteiger partial charge in [0.1, 0.15) is 11.6 Å². The lowest BCUT2D eigenvalue weighted by Gasteiger charge is -2.33. The van der Waals surface area contributed by atoms with E-state index in [2.05, 4.69) is 39.1 Å². The van der Waals surface area contributed by atoms with Crippen molar-refractivity contribution in [2.75, 3.05) is 24.5 Å². The Bertz CT molecular complexity index is 1180. The first-order valence-electron chi connectivity index (χ1n) is 11.4. The summed E-state index contributed by atoms with van der Waals surface area (Å²) in [6, 6.07) is 9.54. The first kappa shape index (κ1) is 23.1.